The molecule has 0 saturated carbocycles. The highest BCUT2D eigenvalue weighted by atomic mass is 32.1. The molecule has 0 fully saturated rings. The minimum Gasteiger partial charge on any atom is -0.497 e. The molecule has 2 aromatic heterocycles. The van der Waals surface area contributed by atoms with E-state index in [1.807, 2.05) is 56.0 Å². The second-order valence-corrected chi connectivity index (χ2v) is 6.43. The van der Waals surface area contributed by atoms with Gasteiger partial charge in [-0.2, -0.15) is 0 Å². The normalized spacial score (nSPS) is 12.3. The van der Waals surface area contributed by atoms with Crippen molar-refractivity contribution in [3.8, 4) is 5.75 Å². The molecule has 0 unspecified atom stereocenters. The number of ether oxygens (including phenoxy) is 1. The van der Waals surface area contributed by atoms with Crippen LogP contribution in [0.3, 0.4) is 0 Å². The van der Waals surface area contributed by atoms with Crippen LogP contribution in [0.15, 0.2) is 36.0 Å². The number of thiazole rings is 1. The standard InChI is InChI=1S/C17H19N3O2S/c1-11(16-9-18-10-23-16)19(2)17(21)15-8-12-7-13(22-4)5-6-14(12)20(15)3/h5-11H,1-4H3/t11-/m1/s1. The molecule has 23 heavy (non-hydrogen) atoms. The lowest BCUT2D eigenvalue weighted by atomic mass is 10.2. The summed E-state index contributed by atoms with van der Waals surface area (Å²) >= 11 is 1.56. The number of benzene rings is 1. The van der Waals surface area contributed by atoms with Crippen LogP contribution in [-0.2, 0) is 7.05 Å². The number of carbonyl (C=O) groups excluding carboxylic acids is 1. The number of nitrogens with zero attached hydrogens (tertiary/aromatic N) is 3. The lowest BCUT2D eigenvalue weighted by Gasteiger charge is -2.24. The van der Waals surface area contributed by atoms with Crippen molar-refractivity contribution >= 4 is 28.1 Å². The summed E-state index contributed by atoms with van der Waals surface area (Å²) in [6.07, 6.45) is 1.81. The molecule has 3 rings (SSSR count). The van der Waals surface area contributed by atoms with Gasteiger partial charge >= 0.3 is 0 Å². The number of aromatic nitrogens is 2. The van der Waals surface area contributed by atoms with Crippen molar-refractivity contribution in [1.29, 1.82) is 0 Å². The molecule has 120 valence electrons. The van der Waals surface area contributed by atoms with Gasteiger partial charge < -0.3 is 14.2 Å². The van der Waals surface area contributed by atoms with Crippen molar-refractivity contribution in [3.63, 3.8) is 0 Å². The number of hydrogen-bond acceptors (Lipinski definition) is 4. The van der Waals surface area contributed by atoms with E-state index < -0.39 is 0 Å². The van der Waals surface area contributed by atoms with Crippen molar-refractivity contribution < 1.29 is 9.53 Å². The van der Waals surface area contributed by atoms with Crippen LogP contribution in [0.5, 0.6) is 5.75 Å². The van der Waals surface area contributed by atoms with Gasteiger partial charge in [0, 0.05) is 36.1 Å². The van der Waals surface area contributed by atoms with Crippen molar-refractivity contribution in [2.45, 2.75) is 13.0 Å². The number of hydrogen-bond donors (Lipinski definition) is 0. The Labute approximate surface area is 139 Å². The van der Waals surface area contributed by atoms with Gasteiger partial charge in [-0.3, -0.25) is 9.78 Å². The highest BCUT2D eigenvalue weighted by Crippen LogP contribution is 2.27. The van der Waals surface area contributed by atoms with Crippen LogP contribution in [0.4, 0.5) is 0 Å². The first-order valence-corrected chi connectivity index (χ1v) is 8.20. The Kier molecular flexibility index (Phi) is 4.09. The lowest BCUT2D eigenvalue weighted by molar-refractivity contribution is 0.0735. The van der Waals surface area contributed by atoms with Crippen molar-refractivity contribution in [1.82, 2.24) is 14.5 Å². The van der Waals surface area contributed by atoms with Crippen LogP contribution in [0.25, 0.3) is 10.9 Å². The van der Waals surface area contributed by atoms with Gasteiger partial charge in [0.2, 0.25) is 0 Å². The summed E-state index contributed by atoms with van der Waals surface area (Å²) in [5.41, 5.74) is 3.45. The van der Waals surface area contributed by atoms with E-state index in [0.29, 0.717) is 5.69 Å². The molecule has 6 heteroatoms. The Hall–Kier alpha value is -2.34. The first-order valence-electron chi connectivity index (χ1n) is 7.32. The zero-order valence-corrected chi connectivity index (χ0v) is 14.4. The number of rotatable bonds is 4. The van der Waals surface area contributed by atoms with Crippen LogP contribution in [-0.4, -0.2) is 34.5 Å². The largest absolute Gasteiger partial charge is 0.497 e. The third kappa shape index (κ3) is 2.70. The Bertz CT molecular complexity index is 839. The van der Waals surface area contributed by atoms with E-state index in [9.17, 15) is 4.79 Å². The molecular weight excluding hydrogens is 310 g/mol. The van der Waals surface area contributed by atoms with Gasteiger partial charge in [0.15, 0.2) is 0 Å². The monoisotopic (exact) mass is 329 g/mol. The van der Waals surface area contributed by atoms with E-state index >= 15 is 0 Å². The molecule has 1 aromatic carbocycles. The molecule has 2 heterocycles. The summed E-state index contributed by atoms with van der Waals surface area (Å²) in [6.45, 7) is 2.01. The van der Waals surface area contributed by atoms with Gasteiger partial charge in [-0.25, -0.2) is 0 Å². The van der Waals surface area contributed by atoms with Gasteiger partial charge in [-0.1, -0.05) is 0 Å². The first kappa shape index (κ1) is 15.6. The highest BCUT2D eigenvalue weighted by molar-refractivity contribution is 7.09. The first-order chi connectivity index (χ1) is 11.0. The summed E-state index contributed by atoms with van der Waals surface area (Å²) in [7, 11) is 5.37. The zero-order chi connectivity index (χ0) is 16.6. The highest BCUT2D eigenvalue weighted by Gasteiger charge is 2.23. The maximum absolute atomic E-state index is 12.9. The van der Waals surface area contributed by atoms with Crippen LogP contribution in [0.1, 0.15) is 28.3 Å². The molecule has 0 aliphatic heterocycles. The molecule has 0 aliphatic rings. The fraction of sp³-hybridized carbons (Fsp3) is 0.294. The fourth-order valence-corrected chi connectivity index (χ4v) is 3.36. The SMILES string of the molecule is COc1ccc2c(c1)cc(C(=O)N(C)[C@H](C)c1cncs1)n2C. The van der Waals surface area contributed by atoms with Gasteiger partial charge in [0.05, 0.1) is 18.7 Å². The summed E-state index contributed by atoms with van der Waals surface area (Å²) in [5.74, 6) is 0.775. The molecule has 1 amide bonds. The molecule has 3 aromatic rings. The zero-order valence-electron chi connectivity index (χ0n) is 13.6. The van der Waals surface area contributed by atoms with Crippen molar-refractivity contribution in [2.24, 2.45) is 7.05 Å². The summed E-state index contributed by atoms with van der Waals surface area (Å²) in [5, 5.41) is 0.994. The topological polar surface area (TPSA) is 47.4 Å². The number of amides is 1. The van der Waals surface area contributed by atoms with Crippen molar-refractivity contribution in [3.05, 3.63) is 46.5 Å². The Morgan fingerprint density at radius 1 is 1.39 bits per heavy atom. The molecule has 0 radical (unpaired) electrons. The van der Waals surface area contributed by atoms with Gasteiger partial charge in [0.25, 0.3) is 5.91 Å². The Morgan fingerprint density at radius 2 is 2.17 bits per heavy atom. The predicted molar refractivity (Wildman–Crippen MR) is 92.1 cm³/mol. The van der Waals surface area contributed by atoms with Crippen LogP contribution < -0.4 is 4.74 Å². The van der Waals surface area contributed by atoms with Gasteiger partial charge in [-0.05, 0) is 31.2 Å². The molecule has 5 nitrogen and oxygen atoms in total. The lowest BCUT2D eigenvalue weighted by Crippen LogP contribution is -2.30. The average Bonchev–Trinajstić information content (AvgIpc) is 3.21. The minimum atomic E-state index is -0.0115. The fourth-order valence-electron chi connectivity index (χ4n) is 2.64. The average molecular weight is 329 g/mol. The second kappa shape index (κ2) is 6.04. The summed E-state index contributed by atoms with van der Waals surface area (Å²) in [4.78, 5) is 19.8. The molecule has 0 bridgehead atoms. The van der Waals surface area contributed by atoms with Crippen LogP contribution in [0.2, 0.25) is 0 Å². The Morgan fingerprint density at radius 3 is 2.83 bits per heavy atom. The van der Waals surface area contributed by atoms with E-state index in [1.54, 1.807) is 28.9 Å². The third-order valence-electron chi connectivity index (χ3n) is 4.23. The van der Waals surface area contributed by atoms with E-state index in [1.165, 1.54) is 0 Å². The molecule has 0 N–H and O–H groups in total. The summed E-state index contributed by atoms with van der Waals surface area (Å²) in [6, 6.07) is 7.72. The molecule has 0 spiro atoms. The smallest absolute Gasteiger partial charge is 0.270 e. The van der Waals surface area contributed by atoms with Crippen LogP contribution in [0, 0.1) is 0 Å². The number of methoxy groups -OCH3 is 1. The molecule has 0 aliphatic carbocycles. The second-order valence-electron chi connectivity index (χ2n) is 5.51. The van der Waals surface area contributed by atoms with Crippen LogP contribution >= 0.6 is 11.3 Å². The van der Waals surface area contributed by atoms with E-state index in [-0.39, 0.29) is 11.9 Å². The number of fused-ring (bicyclic) bond motifs is 1. The number of carbonyl (C=O) groups is 1. The van der Waals surface area contributed by atoms with Gasteiger partial charge in [0.1, 0.15) is 11.4 Å². The van der Waals surface area contributed by atoms with Crippen molar-refractivity contribution in [2.75, 3.05) is 14.2 Å². The minimum absolute atomic E-state index is 0.0106. The maximum atomic E-state index is 12.9. The molecule has 0 saturated heterocycles. The maximum Gasteiger partial charge on any atom is 0.270 e. The predicted octanol–water partition coefficient (Wildman–Crippen LogP) is 3.48. The third-order valence-corrected chi connectivity index (χ3v) is 5.18. The molecule has 1 atom stereocenters. The number of aryl methyl sites for hydroxylation is 1. The Balaban J connectivity index is 1.95. The van der Waals surface area contributed by atoms with E-state index in [0.717, 1.165) is 21.5 Å². The van der Waals surface area contributed by atoms with E-state index in [4.69, 9.17) is 4.74 Å². The molecular formula is C17H19N3O2S. The van der Waals surface area contributed by atoms with E-state index in [2.05, 4.69) is 4.98 Å². The summed E-state index contributed by atoms with van der Waals surface area (Å²) < 4.78 is 7.18. The van der Waals surface area contributed by atoms with Gasteiger partial charge in [-0.15, -0.1) is 11.3 Å². The quantitative estimate of drug-likeness (QED) is 0.736.